The van der Waals surface area contributed by atoms with Crippen LogP contribution in [0.25, 0.3) is 0 Å². The number of rotatable bonds is 6. The van der Waals surface area contributed by atoms with Crippen LogP contribution in [-0.2, 0) is 9.47 Å². The smallest absolute Gasteiger partial charge is 0.191 e. The molecule has 1 unspecified atom stereocenters. The molecule has 1 fully saturated rings. The van der Waals surface area contributed by atoms with Crippen LogP contribution in [0.5, 0.6) is 0 Å². The van der Waals surface area contributed by atoms with Gasteiger partial charge >= 0.3 is 0 Å². The minimum atomic E-state index is 0.0990. The van der Waals surface area contributed by atoms with Crippen molar-refractivity contribution in [2.45, 2.75) is 44.5 Å². The van der Waals surface area contributed by atoms with Crippen molar-refractivity contribution in [3.63, 3.8) is 0 Å². The summed E-state index contributed by atoms with van der Waals surface area (Å²) >= 11 is 1.93. The zero-order valence-corrected chi connectivity index (χ0v) is 15.8. The molecular formula is C16H33N3O2S. The molecule has 0 radical (unpaired) electrons. The normalized spacial score (nSPS) is 20.5. The lowest BCUT2D eigenvalue weighted by Gasteiger charge is -2.36. The van der Waals surface area contributed by atoms with E-state index in [0.29, 0.717) is 0 Å². The van der Waals surface area contributed by atoms with Crippen molar-refractivity contribution in [3.8, 4) is 0 Å². The van der Waals surface area contributed by atoms with E-state index in [1.54, 1.807) is 7.11 Å². The molecule has 0 bridgehead atoms. The minimum Gasteiger partial charge on any atom is -0.381 e. The third-order valence-electron chi connectivity index (χ3n) is 4.34. The molecule has 0 aromatic carbocycles. The Morgan fingerprint density at radius 3 is 2.41 bits per heavy atom. The van der Waals surface area contributed by atoms with E-state index in [1.165, 1.54) is 0 Å². The van der Waals surface area contributed by atoms with Gasteiger partial charge in [-0.1, -0.05) is 20.8 Å². The van der Waals surface area contributed by atoms with Gasteiger partial charge in [0.2, 0.25) is 0 Å². The molecule has 0 saturated carbocycles. The van der Waals surface area contributed by atoms with Gasteiger partial charge < -0.3 is 20.1 Å². The van der Waals surface area contributed by atoms with Gasteiger partial charge in [0.15, 0.2) is 5.96 Å². The molecule has 1 aliphatic rings. The molecule has 0 aliphatic carbocycles. The summed E-state index contributed by atoms with van der Waals surface area (Å²) in [5.74, 6) is 0.839. The number of hydrogen-bond donors (Lipinski definition) is 2. The van der Waals surface area contributed by atoms with Gasteiger partial charge in [-0.15, -0.1) is 0 Å². The van der Waals surface area contributed by atoms with Crippen LogP contribution in [0.4, 0.5) is 0 Å². The van der Waals surface area contributed by atoms with Crippen LogP contribution in [0.3, 0.4) is 0 Å². The van der Waals surface area contributed by atoms with E-state index in [0.717, 1.165) is 45.1 Å². The predicted molar refractivity (Wildman–Crippen MR) is 95.9 cm³/mol. The first kappa shape index (κ1) is 19.6. The first-order valence-electron chi connectivity index (χ1n) is 7.97. The fourth-order valence-corrected chi connectivity index (χ4v) is 3.39. The summed E-state index contributed by atoms with van der Waals surface area (Å²) in [6.45, 7) is 9.91. The number of guanidine groups is 1. The van der Waals surface area contributed by atoms with Crippen LogP contribution >= 0.6 is 11.8 Å². The maximum atomic E-state index is 5.58. The Kier molecular flexibility index (Phi) is 8.00. The van der Waals surface area contributed by atoms with Crippen molar-refractivity contribution in [1.29, 1.82) is 0 Å². The lowest BCUT2D eigenvalue weighted by Crippen LogP contribution is -2.50. The molecule has 5 nitrogen and oxygen atoms in total. The second-order valence-corrected chi connectivity index (χ2v) is 8.17. The summed E-state index contributed by atoms with van der Waals surface area (Å²) in [5.41, 5.74) is 0.0990. The van der Waals surface area contributed by atoms with Crippen molar-refractivity contribution < 1.29 is 9.47 Å². The van der Waals surface area contributed by atoms with Crippen LogP contribution in [0.2, 0.25) is 0 Å². The van der Waals surface area contributed by atoms with Gasteiger partial charge in [0.05, 0.1) is 6.10 Å². The van der Waals surface area contributed by atoms with Gasteiger partial charge in [-0.25, -0.2) is 0 Å². The molecule has 0 amide bonds. The summed E-state index contributed by atoms with van der Waals surface area (Å²) in [7, 11) is 3.57. The molecular weight excluding hydrogens is 298 g/mol. The maximum absolute atomic E-state index is 5.58. The largest absolute Gasteiger partial charge is 0.381 e. The minimum absolute atomic E-state index is 0.0990. The lowest BCUT2D eigenvalue weighted by atomic mass is 9.89. The molecule has 1 saturated heterocycles. The van der Waals surface area contributed by atoms with Gasteiger partial charge in [0, 0.05) is 45.2 Å². The summed E-state index contributed by atoms with van der Waals surface area (Å²) in [5, 5.41) is 6.85. The molecule has 0 spiro atoms. The highest BCUT2D eigenvalue weighted by Gasteiger charge is 2.32. The standard InChI is InChI=1S/C16H33N3O2S/c1-15(2,3)13(20-5)11-18-14(17-4)19-12-16(22-6)7-9-21-10-8-16/h13H,7-12H2,1-6H3,(H2,17,18,19). The second-order valence-electron chi connectivity index (χ2n) is 6.90. The van der Waals surface area contributed by atoms with Crippen LogP contribution in [-0.4, -0.2) is 63.5 Å². The second kappa shape index (κ2) is 8.99. The lowest BCUT2D eigenvalue weighted by molar-refractivity contribution is 0.0205. The Morgan fingerprint density at radius 1 is 1.32 bits per heavy atom. The first-order valence-corrected chi connectivity index (χ1v) is 9.19. The number of thioether (sulfide) groups is 1. The number of nitrogens with one attached hydrogen (secondary N) is 2. The van der Waals surface area contributed by atoms with Crippen molar-refractivity contribution in [2.75, 3.05) is 46.7 Å². The Labute approximate surface area is 140 Å². The summed E-state index contributed by atoms with van der Waals surface area (Å²) in [4.78, 5) is 4.32. The zero-order chi connectivity index (χ0) is 16.6. The predicted octanol–water partition coefficient (Wildman–Crippen LogP) is 2.12. The number of nitrogens with zero attached hydrogens (tertiary/aromatic N) is 1. The maximum Gasteiger partial charge on any atom is 0.191 e. The third kappa shape index (κ3) is 5.97. The van der Waals surface area contributed by atoms with Gasteiger partial charge in [-0.2, -0.15) is 11.8 Å². The quantitative estimate of drug-likeness (QED) is 0.577. The average molecular weight is 332 g/mol. The average Bonchev–Trinajstić information content (AvgIpc) is 2.50. The highest BCUT2D eigenvalue weighted by atomic mass is 32.2. The third-order valence-corrected chi connectivity index (χ3v) is 5.76. The van der Waals surface area contributed by atoms with E-state index >= 15 is 0 Å². The Hall–Kier alpha value is -0.460. The molecule has 1 heterocycles. The molecule has 1 atom stereocenters. The van der Waals surface area contributed by atoms with E-state index in [9.17, 15) is 0 Å². The van der Waals surface area contributed by atoms with E-state index in [4.69, 9.17) is 9.47 Å². The molecule has 130 valence electrons. The molecule has 0 aromatic rings. The summed E-state index contributed by atoms with van der Waals surface area (Å²) in [6.07, 6.45) is 4.49. The van der Waals surface area contributed by atoms with Gasteiger partial charge in [0.1, 0.15) is 0 Å². The number of ether oxygens (including phenoxy) is 2. The Morgan fingerprint density at radius 2 is 1.95 bits per heavy atom. The van der Waals surface area contributed by atoms with E-state index in [1.807, 2.05) is 18.8 Å². The fourth-order valence-electron chi connectivity index (χ4n) is 2.59. The van der Waals surface area contributed by atoms with Gasteiger partial charge in [-0.05, 0) is 24.5 Å². The van der Waals surface area contributed by atoms with Crippen molar-refractivity contribution in [1.82, 2.24) is 10.6 Å². The molecule has 22 heavy (non-hydrogen) atoms. The monoisotopic (exact) mass is 331 g/mol. The van der Waals surface area contributed by atoms with E-state index in [-0.39, 0.29) is 16.3 Å². The van der Waals surface area contributed by atoms with E-state index in [2.05, 4.69) is 42.7 Å². The highest BCUT2D eigenvalue weighted by molar-refractivity contribution is 8.00. The molecule has 0 aromatic heterocycles. The van der Waals surface area contributed by atoms with E-state index < -0.39 is 0 Å². The molecule has 1 aliphatic heterocycles. The van der Waals surface area contributed by atoms with Gasteiger partial charge in [0.25, 0.3) is 0 Å². The first-order chi connectivity index (χ1) is 10.4. The highest BCUT2D eigenvalue weighted by Crippen LogP contribution is 2.32. The van der Waals surface area contributed by atoms with Crippen LogP contribution in [0.15, 0.2) is 4.99 Å². The van der Waals surface area contributed by atoms with Crippen molar-refractivity contribution in [3.05, 3.63) is 0 Å². The zero-order valence-electron chi connectivity index (χ0n) is 15.0. The Balaban J connectivity index is 2.48. The number of aliphatic imine (C=N–C) groups is 1. The summed E-state index contributed by atoms with van der Waals surface area (Å²) < 4.78 is 11.3. The molecule has 1 rings (SSSR count). The number of methoxy groups -OCH3 is 1. The van der Waals surface area contributed by atoms with Crippen molar-refractivity contribution in [2.24, 2.45) is 10.4 Å². The SMILES string of the molecule is CN=C(NCC(OC)C(C)(C)C)NCC1(SC)CCOCC1. The van der Waals surface area contributed by atoms with Gasteiger partial charge in [-0.3, -0.25) is 4.99 Å². The Bertz CT molecular complexity index is 350. The number of hydrogen-bond acceptors (Lipinski definition) is 4. The molecule has 6 heteroatoms. The summed E-state index contributed by atoms with van der Waals surface area (Å²) in [6, 6.07) is 0. The van der Waals surface area contributed by atoms with Crippen molar-refractivity contribution >= 4 is 17.7 Å². The van der Waals surface area contributed by atoms with Crippen LogP contribution in [0.1, 0.15) is 33.6 Å². The topological polar surface area (TPSA) is 54.9 Å². The van der Waals surface area contributed by atoms with Crippen LogP contribution < -0.4 is 10.6 Å². The van der Waals surface area contributed by atoms with Crippen LogP contribution in [0, 0.1) is 5.41 Å². The fraction of sp³-hybridized carbons (Fsp3) is 0.938. The molecule has 2 N–H and O–H groups in total.